The van der Waals surface area contributed by atoms with E-state index < -0.39 is 33.7 Å². The monoisotopic (exact) mass is 462 g/mol. The topological polar surface area (TPSA) is 152 Å². The summed E-state index contributed by atoms with van der Waals surface area (Å²) >= 11 is 0. The normalized spacial score (nSPS) is 17.3. The summed E-state index contributed by atoms with van der Waals surface area (Å²) in [6.45, 7) is 2.88. The van der Waals surface area contributed by atoms with Gasteiger partial charge in [0.1, 0.15) is 28.8 Å². The highest BCUT2D eigenvalue weighted by atomic mass is 32.2. The van der Waals surface area contributed by atoms with E-state index in [0.717, 1.165) is 17.4 Å². The molecule has 0 radical (unpaired) electrons. The number of piperazine rings is 1. The lowest BCUT2D eigenvalue weighted by atomic mass is 10.3. The number of carbonyl (C=O) groups is 1. The predicted molar refractivity (Wildman–Crippen MR) is 109 cm³/mol. The Balaban J connectivity index is 1.50. The minimum Gasteiger partial charge on any atom is -0.360 e. The first kappa shape index (κ1) is 22.0. The summed E-state index contributed by atoms with van der Waals surface area (Å²) in [5.41, 5.74) is -1.35. The Bertz CT molecular complexity index is 1320. The molecule has 2 aromatic heterocycles. The molecule has 1 amide bonds. The van der Waals surface area contributed by atoms with Crippen LogP contribution in [-0.4, -0.2) is 64.0 Å². The largest absolute Gasteiger partial charge is 0.360 e. The molecule has 2 aromatic rings. The van der Waals surface area contributed by atoms with Crippen molar-refractivity contribution in [2.24, 2.45) is 0 Å². The average molecular weight is 462 g/mol. The van der Waals surface area contributed by atoms with Crippen LogP contribution in [-0.2, 0) is 21.4 Å². The van der Waals surface area contributed by atoms with Crippen LogP contribution in [0.2, 0.25) is 0 Å². The Labute approximate surface area is 183 Å². The Kier molecular flexibility index (Phi) is 5.51. The van der Waals surface area contributed by atoms with Crippen molar-refractivity contribution in [3.63, 3.8) is 0 Å². The lowest BCUT2D eigenvalue weighted by Gasteiger charge is -2.34. The summed E-state index contributed by atoms with van der Waals surface area (Å²) in [6, 6.07) is 1.72. The highest BCUT2D eigenvalue weighted by Crippen LogP contribution is 2.33. The molecular weight excluding hydrogens is 440 g/mol. The fourth-order valence-corrected chi connectivity index (χ4v) is 5.55. The van der Waals surface area contributed by atoms with E-state index in [0.29, 0.717) is 0 Å². The van der Waals surface area contributed by atoms with E-state index in [1.807, 2.05) is 0 Å². The maximum absolute atomic E-state index is 12.9. The van der Waals surface area contributed by atoms with E-state index in [4.69, 9.17) is 4.52 Å². The van der Waals surface area contributed by atoms with Gasteiger partial charge in [0.2, 0.25) is 15.9 Å². The zero-order valence-electron chi connectivity index (χ0n) is 17.6. The van der Waals surface area contributed by atoms with E-state index in [1.54, 1.807) is 13.0 Å². The molecule has 4 rings (SSSR count). The Morgan fingerprint density at radius 3 is 2.41 bits per heavy atom. The van der Waals surface area contributed by atoms with Crippen LogP contribution in [0, 0.1) is 25.2 Å². The smallest absolute Gasteiger partial charge is 0.331 e. The molecule has 1 aliphatic heterocycles. The quantitative estimate of drug-likeness (QED) is 0.569. The van der Waals surface area contributed by atoms with E-state index in [-0.39, 0.29) is 54.1 Å². The van der Waals surface area contributed by atoms with Crippen LogP contribution >= 0.6 is 0 Å². The minimum absolute atomic E-state index is 0.0257. The fraction of sp³-hybridized carbons (Fsp3) is 0.526. The number of hydrogen-bond acceptors (Lipinski definition) is 8. The Hall–Kier alpha value is -3.24. The number of carbonyl (C=O) groups excluding carboxylic acids is 1. The second-order valence-electron chi connectivity index (χ2n) is 7.91. The summed E-state index contributed by atoms with van der Waals surface area (Å²) in [6.07, 6.45) is 2.80. The van der Waals surface area contributed by atoms with Crippen molar-refractivity contribution < 1.29 is 17.7 Å². The lowest BCUT2D eigenvalue weighted by molar-refractivity contribution is -0.133. The molecular formula is C19H22N6O6S. The van der Waals surface area contributed by atoms with Gasteiger partial charge in [0.05, 0.1) is 0 Å². The average Bonchev–Trinajstić information content (AvgIpc) is 3.54. The molecule has 12 nitrogen and oxygen atoms in total. The van der Waals surface area contributed by atoms with Crippen molar-refractivity contribution >= 4 is 15.9 Å². The molecule has 1 saturated carbocycles. The highest BCUT2D eigenvalue weighted by molar-refractivity contribution is 7.89. The van der Waals surface area contributed by atoms with Crippen molar-refractivity contribution in [2.45, 2.75) is 44.2 Å². The number of amides is 1. The molecule has 170 valence electrons. The third kappa shape index (κ3) is 3.76. The molecule has 0 spiro atoms. The van der Waals surface area contributed by atoms with E-state index >= 15 is 0 Å². The first-order valence-electron chi connectivity index (χ1n) is 10.1. The third-order valence-corrected chi connectivity index (χ3v) is 7.85. The molecule has 2 fully saturated rings. The molecule has 1 saturated heterocycles. The van der Waals surface area contributed by atoms with Crippen molar-refractivity contribution in [2.75, 3.05) is 26.2 Å². The first-order chi connectivity index (χ1) is 15.1. The molecule has 32 heavy (non-hydrogen) atoms. The SMILES string of the molecule is Cc1noc(C)c1S(=O)(=O)N1CCN(C(=O)Cn2c(=O)c(C#N)cn(C3CC3)c2=O)CC1. The van der Waals surface area contributed by atoms with Crippen LogP contribution in [0.15, 0.2) is 25.2 Å². The molecule has 2 aliphatic rings. The van der Waals surface area contributed by atoms with Gasteiger partial charge in [0, 0.05) is 38.4 Å². The Morgan fingerprint density at radius 1 is 1.22 bits per heavy atom. The fourth-order valence-electron chi connectivity index (χ4n) is 3.84. The summed E-state index contributed by atoms with van der Waals surface area (Å²) in [5, 5.41) is 12.9. The number of sulfonamides is 1. The second kappa shape index (κ2) is 8.03. The molecule has 0 N–H and O–H groups in total. The standard InChI is InChI=1S/C19H22N6O6S/c1-12-17(13(2)31-21-12)32(29,30)23-7-5-22(6-8-23)16(26)11-25-18(27)14(9-20)10-24(19(25)28)15-3-4-15/h10,15H,3-8,11H2,1-2H3. The van der Waals surface area contributed by atoms with Gasteiger partial charge in [-0.15, -0.1) is 0 Å². The van der Waals surface area contributed by atoms with Gasteiger partial charge in [-0.05, 0) is 26.7 Å². The van der Waals surface area contributed by atoms with E-state index in [2.05, 4.69) is 5.16 Å². The van der Waals surface area contributed by atoms with Crippen LogP contribution in [0.1, 0.15) is 35.9 Å². The van der Waals surface area contributed by atoms with Gasteiger partial charge in [0.25, 0.3) is 5.56 Å². The van der Waals surface area contributed by atoms with Crippen LogP contribution in [0.5, 0.6) is 0 Å². The molecule has 0 aromatic carbocycles. The zero-order chi connectivity index (χ0) is 23.2. The van der Waals surface area contributed by atoms with Gasteiger partial charge in [0.15, 0.2) is 5.76 Å². The number of nitriles is 1. The number of hydrogen-bond donors (Lipinski definition) is 0. The molecule has 0 bridgehead atoms. The molecule has 0 unspecified atom stereocenters. The van der Waals surface area contributed by atoms with Gasteiger partial charge in [-0.2, -0.15) is 9.57 Å². The van der Waals surface area contributed by atoms with E-state index in [1.165, 1.54) is 26.9 Å². The Morgan fingerprint density at radius 2 is 1.88 bits per heavy atom. The molecule has 3 heterocycles. The maximum Gasteiger partial charge on any atom is 0.331 e. The number of aromatic nitrogens is 3. The minimum atomic E-state index is -3.82. The van der Waals surface area contributed by atoms with Gasteiger partial charge >= 0.3 is 5.69 Å². The summed E-state index contributed by atoms with van der Waals surface area (Å²) in [4.78, 5) is 39.4. The van der Waals surface area contributed by atoms with Gasteiger partial charge in [-0.3, -0.25) is 14.2 Å². The van der Waals surface area contributed by atoms with E-state index in [9.17, 15) is 28.1 Å². The first-order valence-corrected chi connectivity index (χ1v) is 11.6. The van der Waals surface area contributed by atoms with Gasteiger partial charge in [-0.1, -0.05) is 5.16 Å². The van der Waals surface area contributed by atoms with Crippen LogP contribution in [0.25, 0.3) is 0 Å². The van der Waals surface area contributed by atoms with Crippen molar-refractivity contribution in [3.05, 3.63) is 44.1 Å². The zero-order valence-corrected chi connectivity index (χ0v) is 18.5. The summed E-state index contributed by atoms with van der Waals surface area (Å²) < 4.78 is 34.2. The highest BCUT2D eigenvalue weighted by Gasteiger charge is 2.34. The van der Waals surface area contributed by atoms with Gasteiger partial charge in [-0.25, -0.2) is 17.8 Å². The van der Waals surface area contributed by atoms with Gasteiger partial charge < -0.3 is 9.42 Å². The second-order valence-corrected chi connectivity index (χ2v) is 9.78. The number of nitrogens with zero attached hydrogens (tertiary/aromatic N) is 6. The third-order valence-electron chi connectivity index (χ3n) is 5.71. The summed E-state index contributed by atoms with van der Waals surface area (Å²) in [5.74, 6) is -0.291. The maximum atomic E-state index is 12.9. The van der Waals surface area contributed by atoms with Crippen molar-refractivity contribution in [1.29, 1.82) is 5.26 Å². The molecule has 13 heteroatoms. The summed E-state index contributed by atoms with van der Waals surface area (Å²) in [7, 11) is -3.82. The predicted octanol–water partition coefficient (Wildman–Crippen LogP) is -0.645. The van der Waals surface area contributed by atoms with Crippen LogP contribution < -0.4 is 11.2 Å². The number of rotatable bonds is 5. The van der Waals surface area contributed by atoms with Crippen molar-refractivity contribution in [1.82, 2.24) is 23.5 Å². The molecule has 0 atom stereocenters. The van der Waals surface area contributed by atoms with Crippen molar-refractivity contribution in [3.8, 4) is 6.07 Å². The molecule has 1 aliphatic carbocycles. The number of aryl methyl sites for hydroxylation is 2. The van der Waals surface area contributed by atoms with Crippen LogP contribution in [0.3, 0.4) is 0 Å². The lowest BCUT2D eigenvalue weighted by Crippen LogP contribution is -2.52. The van der Waals surface area contributed by atoms with Crippen LogP contribution in [0.4, 0.5) is 0 Å².